The minimum atomic E-state index is -0.636. The SMILES string of the molecule is C=CCn1c(=O)c2ccccc2n2c(S[C@@H](C(=O)Nc3cccc(OC)c3)c3ccccc3)nnc12. The van der Waals surface area contributed by atoms with Crippen molar-refractivity contribution >= 4 is 40.0 Å². The Hall–Kier alpha value is -4.37. The zero-order chi connectivity index (χ0) is 25.1. The van der Waals surface area contributed by atoms with Crippen LogP contribution in [0.3, 0.4) is 0 Å². The second-order valence-corrected chi connectivity index (χ2v) is 9.04. The summed E-state index contributed by atoms with van der Waals surface area (Å²) in [4.78, 5) is 26.7. The lowest BCUT2D eigenvalue weighted by atomic mass is 10.1. The van der Waals surface area contributed by atoms with Crippen molar-refractivity contribution in [2.75, 3.05) is 12.4 Å². The van der Waals surface area contributed by atoms with Gasteiger partial charge in [-0.15, -0.1) is 16.8 Å². The molecule has 0 bridgehead atoms. The number of allylic oxidation sites excluding steroid dienone is 1. The van der Waals surface area contributed by atoms with Gasteiger partial charge in [-0.2, -0.15) is 0 Å². The first-order valence-corrected chi connectivity index (χ1v) is 12.1. The molecule has 3 aromatic carbocycles. The number of amides is 1. The summed E-state index contributed by atoms with van der Waals surface area (Å²) in [6, 6.07) is 24.0. The van der Waals surface area contributed by atoms with Gasteiger partial charge >= 0.3 is 0 Å². The van der Waals surface area contributed by atoms with Crippen molar-refractivity contribution in [2.45, 2.75) is 17.0 Å². The summed E-state index contributed by atoms with van der Waals surface area (Å²) in [6.45, 7) is 4.06. The van der Waals surface area contributed by atoms with Gasteiger partial charge in [-0.25, -0.2) is 0 Å². The van der Waals surface area contributed by atoms with Crippen LogP contribution in [0.4, 0.5) is 5.69 Å². The third-order valence-electron chi connectivity index (χ3n) is 5.69. The Morgan fingerprint density at radius 1 is 1.08 bits per heavy atom. The lowest BCUT2D eigenvalue weighted by Gasteiger charge is -2.17. The molecule has 8 nitrogen and oxygen atoms in total. The third kappa shape index (κ3) is 4.36. The van der Waals surface area contributed by atoms with Crippen LogP contribution in [0.5, 0.6) is 5.75 Å². The maximum atomic E-state index is 13.6. The molecule has 5 rings (SSSR count). The lowest BCUT2D eigenvalue weighted by molar-refractivity contribution is -0.115. The predicted molar refractivity (Wildman–Crippen MR) is 142 cm³/mol. The number of hydrogen-bond acceptors (Lipinski definition) is 6. The zero-order valence-corrected chi connectivity index (χ0v) is 20.3. The number of aromatic nitrogens is 4. The number of carbonyl (C=O) groups is 1. The fourth-order valence-corrected chi connectivity index (χ4v) is 5.06. The van der Waals surface area contributed by atoms with Crippen LogP contribution in [0.15, 0.2) is 101 Å². The summed E-state index contributed by atoms with van der Waals surface area (Å²) >= 11 is 1.27. The number of para-hydroxylation sites is 1. The molecule has 2 aromatic heterocycles. The van der Waals surface area contributed by atoms with E-state index in [1.807, 2.05) is 65.1 Å². The number of hydrogen-bond donors (Lipinski definition) is 1. The summed E-state index contributed by atoms with van der Waals surface area (Å²) in [7, 11) is 1.58. The van der Waals surface area contributed by atoms with Gasteiger partial charge in [0.1, 0.15) is 11.0 Å². The smallest absolute Gasteiger partial charge is 0.263 e. The quantitative estimate of drug-likeness (QED) is 0.247. The van der Waals surface area contributed by atoms with Crippen molar-refractivity contribution in [2.24, 2.45) is 0 Å². The van der Waals surface area contributed by atoms with E-state index in [1.165, 1.54) is 16.3 Å². The number of rotatable bonds is 8. The molecule has 36 heavy (non-hydrogen) atoms. The number of methoxy groups -OCH3 is 1. The topological polar surface area (TPSA) is 90.5 Å². The van der Waals surface area contributed by atoms with Gasteiger partial charge in [0.25, 0.3) is 5.56 Å². The van der Waals surface area contributed by atoms with Crippen LogP contribution in [0.2, 0.25) is 0 Å². The second kappa shape index (κ2) is 10.1. The molecule has 0 saturated heterocycles. The summed E-state index contributed by atoms with van der Waals surface area (Å²) in [5.41, 5.74) is 1.93. The monoisotopic (exact) mass is 497 g/mol. The van der Waals surface area contributed by atoms with Crippen molar-refractivity contribution in [3.05, 3.63) is 107 Å². The molecular weight excluding hydrogens is 474 g/mol. The molecule has 0 fully saturated rings. The summed E-state index contributed by atoms with van der Waals surface area (Å²) in [5, 5.41) is 12.1. The average Bonchev–Trinajstić information content (AvgIpc) is 3.34. The van der Waals surface area contributed by atoms with E-state index in [0.717, 1.165) is 5.56 Å². The first-order chi connectivity index (χ1) is 17.6. The molecule has 9 heteroatoms. The Morgan fingerprint density at radius 3 is 2.64 bits per heavy atom. The highest BCUT2D eigenvalue weighted by molar-refractivity contribution is 8.00. The molecule has 0 unspecified atom stereocenters. The minimum Gasteiger partial charge on any atom is -0.497 e. The Morgan fingerprint density at radius 2 is 1.86 bits per heavy atom. The molecule has 180 valence electrons. The Bertz CT molecular complexity index is 1630. The van der Waals surface area contributed by atoms with E-state index >= 15 is 0 Å². The number of fused-ring (bicyclic) bond motifs is 3. The number of nitrogens with one attached hydrogen (secondary N) is 1. The lowest BCUT2D eigenvalue weighted by Crippen LogP contribution is -2.23. The standard InChI is InChI=1S/C27H23N5O3S/c1-3-16-31-25(34)21-14-7-8-15-22(21)32-26(31)29-30-27(32)36-23(18-10-5-4-6-11-18)24(33)28-19-12-9-13-20(17-19)35-2/h3-15,17,23H,1,16H2,2H3,(H,28,33)/t23-/m1/s1. The molecule has 5 aromatic rings. The Kier molecular flexibility index (Phi) is 6.55. The maximum Gasteiger partial charge on any atom is 0.263 e. The number of ether oxygens (including phenoxy) is 1. The fourth-order valence-electron chi connectivity index (χ4n) is 4.02. The summed E-state index contributed by atoms with van der Waals surface area (Å²) in [5.74, 6) is 0.813. The normalized spacial score (nSPS) is 11.9. The maximum absolute atomic E-state index is 13.6. The van der Waals surface area contributed by atoms with E-state index in [-0.39, 0.29) is 18.0 Å². The van der Waals surface area contributed by atoms with Gasteiger partial charge in [0, 0.05) is 18.3 Å². The molecule has 1 amide bonds. The molecule has 1 N–H and O–H groups in total. The van der Waals surface area contributed by atoms with Gasteiger partial charge in [0.15, 0.2) is 5.16 Å². The molecule has 1 atom stereocenters. The van der Waals surface area contributed by atoms with Gasteiger partial charge in [-0.3, -0.25) is 18.6 Å². The van der Waals surface area contributed by atoms with Crippen LogP contribution in [0.25, 0.3) is 16.7 Å². The van der Waals surface area contributed by atoms with Crippen LogP contribution in [0, 0.1) is 0 Å². The fraction of sp³-hybridized carbons (Fsp3) is 0.111. The van der Waals surface area contributed by atoms with Crippen molar-refractivity contribution in [3.63, 3.8) is 0 Å². The predicted octanol–water partition coefficient (Wildman–Crippen LogP) is 4.71. The third-order valence-corrected chi connectivity index (χ3v) is 6.89. The van der Waals surface area contributed by atoms with Gasteiger partial charge in [-0.1, -0.05) is 66.4 Å². The second-order valence-electron chi connectivity index (χ2n) is 7.97. The number of benzene rings is 3. The zero-order valence-electron chi connectivity index (χ0n) is 19.5. The van der Waals surface area contributed by atoms with E-state index in [9.17, 15) is 9.59 Å². The van der Waals surface area contributed by atoms with Crippen molar-refractivity contribution < 1.29 is 9.53 Å². The molecule has 0 aliphatic rings. The first-order valence-electron chi connectivity index (χ1n) is 11.2. The van der Waals surface area contributed by atoms with E-state index in [2.05, 4.69) is 22.1 Å². The Labute approximate surface area is 211 Å². The molecule has 0 spiro atoms. The average molecular weight is 498 g/mol. The van der Waals surface area contributed by atoms with Crippen LogP contribution in [0.1, 0.15) is 10.8 Å². The number of thioether (sulfide) groups is 1. The highest BCUT2D eigenvalue weighted by Gasteiger charge is 2.26. The summed E-state index contributed by atoms with van der Waals surface area (Å²) < 4.78 is 8.63. The van der Waals surface area contributed by atoms with E-state index in [4.69, 9.17) is 4.74 Å². The molecule has 0 radical (unpaired) electrons. The summed E-state index contributed by atoms with van der Waals surface area (Å²) in [6.07, 6.45) is 1.64. The van der Waals surface area contributed by atoms with Crippen molar-refractivity contribution in [1.29, 1.82) is 0 Å². The van der Waals surface area contributed by atoms with Crippen molar-refractivity contribution in [1.82, 2.24) is 19.2 Å². The number of anilines is 1. The largest absolute Gasteiger partial charge is 0.497 e. The Balaban J connectivity index is 1.61. The highest BCUT2D eigenvalue weighted by Crippen LogP contribution is 2.36. The van der Waals surface area contributed by atoms with Gasteiger partial charge < -0.3 is 10.1 Å². The van der Waals surface area contributed by atoms with Crippen molar-refractivity contribution in [3.8, 4) is 5.75 Å². The molecule has 0 aliphatic heterocycles. The van der Waals surface area contributed by atoms with Gasteiger partial charge in [0.05, 0.1) is 18.0 Å². The van der Waals surface area contributed by atoms with E-state index in [0.29, 0.717) is 33.3 Å². The molecule has 0 aliphatic carbocycles. The number of nitrogens with zero attached hydrogens (tertiary/aromatic N) is 4. The van der Waals surface area contributed by atoms with Crippen LogP contribution >= 0.6 is 11.8 Å². The van der Waals surface area contributed by atoms with Crippen LogP contribution < -0.4 is 15.6 Å². The van der Waals surface area contributed by atoms with Gasteiger partial charge in [-0.05, 0) is 29.8 Å². The minimum absolute atomic E-state index is 0.169. The van der Waals surface area contributed by atoms with E-state index in [1.54, 1.807) is 31.4 Å². The molecule has 0 saturated carbocycles. The first kappa shape index (κ1) is 23.4. The number of carbonyl (C=O) groups excluding carboxylic acids is 1. The van der Waals surface area contributed by atoms with Gasteiger partial charge in [0.2, 0.25) is 11.7 Å². The van der Waals surface area contributed by atoms with Crippen LogP contribution in [-0.4, -0.2) is 32.2 Å². The highest BCUT2D eigenvalue weighted by atomic mass is 32.2. The van der Waals surface area contributed by atoms with Crippen LogP contribution in [-0.2, 0) is 11.3 Å². The molecule has 2 heterocycles. The van der Waals surface area contributed by atoms with E-state index < -0.39 is 5.25 Å². The molecular formula is C27H23N5O3S.